The van der Waals surface area contributed by atoms with E-state index in [1.54, 1.807) is 6.92 Å². The van der Waals surface area contributed by atoms with Crippen LogP contribution >= 0.6 is 11.6 Å². The molecule has 1 aliphatic heterocycles. The summed E-state index contributed by atoms with van der Waals surface area (Å²) in [7, 11) is 1.33. The summed E-state index contributed by atoms with van der Waals surface area (Å²) in [6.45, 7) is 0.753. The fraction of sp³-hybridized carbons (Fsp3) is 0.500. The minimum atomic E-state index is -4.72. The molecule has 1 amide bonds. The van der Waals surface area contributed by atoms with Crippen LogP contribution in [0.4, 0.5) is 13.2 Å². The number of ether oxygens (including phenoxy) is 2. The van der Waals surface area contributed by atoms with Gasteiger partial charge in [0.1, 0.15) is 0 Å². The van der Waals surface area contributed by atoms with Gasteiger partial charge in [0.25, 0.3) is 5.91 Å². The molecule has 0 aliphatic carbocycles. The zero-order valence-electron chi connectivity index (χ0n) is 14.0. The average Bonchev–Trinajstić information content (AvgIpc) is 3.01. The molecule has 1 aromatic carbocycles. The maximum atomic E-state index is 13.1. The maximum Gasteiger partial charge on any atom is 0.394 e. The van der Waals surface area contributed by atoms with Crippen molar-refractivity contribution in [2.45, 2.75) is 13.1 Å². The molecule has 1 aliphatic rings. The SMILES string of the molecule is CCOc1c(Cl)cc(C(=O)N2C[C@@H](C(F)(F)F)[C@H](C(=O)O)C2)cc1OC. The van der Waals surface area contributed by atoms with E-state index in [0.29, 0.717) is 6.61 Å². The first-order valence-electron chi connectivity index (χ1n) is 7.69. The van der Waals surface area contributed by atoms with Crippen molar-refractivity contribution < 1.29 is 37.3 Å². The Morgan fingerprint density at radius 3 is 2.46 bits per heavy atom. The Balaban J connectivity index is 2.32. The molecule has 1 aromatic rings. The van der Waals surface area contributed by atoms with E-state index in [0.717, 1.165) is 4.90 Å². The molecule has 1 heterocycles. The number of likely N-dealkylation sites (tertiary alicyclic amines) is 1. The standard InChI is InChI=1S/C16H17ClF3NO5/c1-3-26-13-11(17)4-8(5-12(13)25-2)14(22)21-6-9(15(23)24)10(7-21)16(18,19)20/h4-5,9-10H,3,6-7H2,1-2H3,(H,23,24)/t9-,10-/m1/s1. The third-order valence-electron chi connectivity index (χ3n) is 4.11. The second-order valence-electron chi connectivity index (χ2n) is 5.73. The van der Waals surface area contributed by atoms with Crippen LogP contribution in [0.1, 0.15) is 17.3 Å². The van der Waals surface area contributed by atoms with Crippen LogP contribution in [0, 0.1) is 11.8 Å². The fourth-order valence-electron chi connectivity index (χ4n) is 2.86. The Hall–Kier alpha value is -2.16. The van der Waals surface area contributed by atoms with Gasteiger partial charge in [0.2, 0.25) is 0 Å². The molecule has 0 radical (unpaired) electrons. The number of halogens is 4. The monoisotopic (exact) mass is 395 g/mol. The molecule has 10 heteroatoms. The molecule has 0 aromatic heterocycles. The molecule has 2 atom stereocenters. The predicted octanol–water partition coefficient (Wildman–Crippen LogP) is 3.08. The van der Waals surface area contributed by atoms with Crippen LogP contribution in [-0.2, 0) is 4.79 Å². The normalized spacial score (nSPS) is 20.2. The predicted molar refractivity (Wildman–Crippen MR) is 85.7 cm³/mol. The second kappa shape index (κ2) is 7.61. The molecule has 0 bridgehead atoms. The molecular formula is C16H17ClF3NO5. The summed E-state index contributed by atoms with van der Waals surface area (Å²) < 4.78 is 49.6. The lowest BCUT2D eigenvalue weighted by atomic mass is 9.96. The Bertz CT molecular complexity index is 710. The third-order valence-corrected chi connectivity index (χ3v) is 4.39. The Morgan fingerprint density at radius 2 is 2.00 bits per heavy atom. The Morgan fingerprint density at radius 1 is 1.35 bits per heavy atom. The van der Waals surface area contributed by atoms with Gasteiger partial charge in [0.05, 0.1) is 30.6 Å². The number of carbonyl (C=O) groups excluding carboxylic acids is 1. The number of amides is 1. The van der Waals surface area contributed by atoms with Gasteiger partial charge in [-0.05, 0) is 19.1 Å². The van der Waals surface area contributed by atoms with Crippen molar-refractivity contribution in [3.05, 3.63) is 22.7 Å². The lowest BCUT2D eigenvalue weighted by Gasteiger charge is -2.19. The largest absolute Gasteiger partial charge is 0.493 e. The summed E-state index contributed by atoms with van der Waals surface area (Å²) in [5.41, 5.74) is -0.0118. The fourth-order valence-corrected chi connectivity index (χ4v) is 3.13. The lowest BCUT2D eigenvalue weighted by molar-refractivity contribution is -0.187. The van der Waals surface area contributed by atoms with Crippen molar-refractivity contribution in [1.29, 1.82) is 0 Å². The Kier molecular flexibility index (Phi) is 5.90. The average molecular weight is 396 g/mol. The van der Waals surface area contributed by atoms with Gasteiger partial charge in [0, 0.05) is 18.7 Å². The maximum absolute atomic E-state index is 13.1. The van der Waals surface area contributed by atoms with Gasteiger partial charge in [-0.25, -0.2) is 0 Å². The zero-order chi connectivity index (χ0) is 19.6. The summed E-state index contributed by atoms with van der Waals surface area (Å²) in [5, 5.41) is 9.11. The van der Waals surface area contributed by atoms with Gasteiger partial charge in [-0.15, -0.1) is 0 Å². The van der Waals surface area contributed by atoms with Crippen LogP contribution in [-0.4, -0.2) is 54.9 Å². The smallest absolute Gasteiger partial charge is 0.394 e. The summed E-state index contributed by atoms with van der Waals surface area (Å²) in [6.07, 6.45) is -4.72. The molecule has 1 saturated heterocycles. The molecule has 26 heavy (non-hydrogen) atoms. The highest BCUT2D eigenvalue weighted by molar-refractivity contribution is 6.32. The lowest BCUT2D eigenvalue weighted by Crippen LogP contribution is -2.34. The van der Waals surface area contributed by atoms with E-state index in [9.17, 15) is 22.8 Å². The van der Waals surface area contributed by atoms with Gasteiger partial charge < -0.3 is 19.5 Å². The Labute approximate surface area is 152 Å². The molecular weight excluding hydrogens is 379 g/mol. The van der Waals surface area contributed by atoms with E-state index in [4.69, 9.17) is 26.2 Å². The summed E-state index contributed by atoms with van der Waals surface area (Å²) in [5.74, 6) is -5.81. The summed E-state index contributed by atoms with van der Waals surface area (Å²) in [4.78, 5) is 24.6. The van der Waals surface area contributed by atoms with Gasteiger partial charge in [-0.2, -0.15) is 13.2 Å². The van der Waals surface area contributed by atoms with E-state index in [2.05, 4.69) is 0 Å². The third kappa shape index (κ3) is 3.98. The highest BCUT2D eigenvalue weighted by Gasteiger charge is 2.53. The highest BCUT2D eigenvalue weighted by Crippen LogP contribution is 2.40. The van der Waals surface area contributed by atoms with Crippen LogP contribution in [0.5, 0.6) is 11.5 Å². The first kappa shape index (κ1) is 20.2. The van der Waals surface area contributed by atoms with Crippen LogP contribution in [0.15, 0.2) is 12.1 Å². The molecule has 0 unspecified atom stereocenters. The van der Waals surface area contributed by atoms with E-state index in [1.165, 1.54) is 19.2 Å². The van der Waals surface area contributed by atoms with E-state index >= 15 is 0 Å². The quantitative estimate of drug-likeness (QED) is 0.829. The van der Waals surface area contributed by atoms with Crippen LogP contribution in [0.25, 0.3) is 0 Å². The second-order valence-corrected chi connectivity index (χ2v) is 6.13. The van der Waals surface area contributed by atoms with Gasteiger partial charge in [-0.1, -0.05) is 11.6 Å². The molecule has 6 nitrogen and oxygen atoms in total. The molecule has 2 rings (SSSR count). The number of rotatable bonds is 5. The topological polar surface area (TPSA) is 76.1 Å². The van der Waals surface area contributed by atoms with E-state index < -0.39 is 43.0 Å². The number of benzene rings is 1. The summed E-state index contributed by atoms with van der Waals surface area (Å²) >= 11 is 6.07. The van der Waals surface area contributed by atoms with Crippen molar-refractivity contribution in [1.82, 2.24) is 4.90 Å². The number of carboxylic acids is 1. The number of aliphatic carboxylic acids is 1. The number of methoxy groups -OCH3 is 1. The molecule has 1 N–H and O–H groups in total. The minimum Gasteiger partial charge on any atom is -0.493 e. The number of nitrogens with zero attached hydrogens (tertiary/aromatic N) is 1. The number of alkyl halides is 3. The molecule has 0 saturated carbocycles. The van der Waals surface area contributed by atoms with Crippen molar-refractivity contribution in [2.24, 2.45) is 11.8 Å². The first-order valence-corrected chi connectivity index (χ1v) is 8.07. The van der Waals surface area contributed by atoms with Crippen molar-refractivity contribution >= 4 is 23.5 Å². The van der Waals surface area contributed by atoms with Crippen LogP contribution < -0.4 is 9.47 Å². The number of carboxylic acid groups (broad SMARTS) is 1. The van der Waals surface area contributed by atoms with Crippen LogP contribution in [0.2, 0.25) is 5.02 Å². The van der Waals surface area contributed by atoms with Gasteiger partial charge in [-0.3, -0.25) is 9.59 Å². The van der Waals surface area contributed by atoms with Crippen LogP contribution in [0.3, 0.4) is 0 Å². The van der Waals surface area contributed by atoms with Gasteiger partial charge in [0.15, 0.2) is 11.5 Å². The van der Waals surface area contributed by atoms with E-state index in [1.807, 2.05) is 0 Å². The number of hydrogen-bond donors (Lipinski definition) is 1. The summed E-state index contributed by atoms with van der Waals surface area (Å²) in [6, 6.07) is 2.56. The highest BCUT2D eigenvalue weighted by atomic mass is 35.5. The molecule has 1 fully saturated rings. The zero-order valence-corrected chi connectivity index (χ0v) is 14.7. The number of carbonyl (C=O) groups is 2. The minimum absolute atomic E-state index is 0.0118. The van der Waals surface area contributed by atoms with Gasteiger partial charge >= 0.3 is 12.1 Å². The van der Waals surface area contributed by atoms with E-state index in [-0.39, 0.29) is 22.1 Å². The first-order chi connectivity index (χ1) is 12.1. The molecule has 0 spiro atoms. The molecule has 144 valence electrons. The van der Waals surface area contributed by atoms with Crippen molar-refractivity contribution in [3.63, 3.8) is 0 Å². The van der Waals surface area contributed by atoms with Crippen molar-refractivity contribution in [2.75, 3.05) is 26.8 Å². The van der Waals surface area contributed by atoms with Crippen molar-refractivity contribution in [3.8, 4) is 11.5 Å². The number of hydrogen-bond acceptors (Lipinski definition) is 4.